The lowest BCUT2D eigenvalue weighted by Crippen LogP contribution is -2.45. The number of carbonyl (C=O) groups excluding carboxylic acids is 2. The average Bonchev–Trinajstić information content (AvgIpc) is 2.67. The third kappa shape index (κ3) is 3.96. The fraction of sp³-hybridized carbons (Fsp3) is 0.273. The van der Waals surface area contributed by atoms with Crippen LogP contribution in [0.3, 0.4) is 0 Å². The van der Waals surface area contributed by atoms with Crippen LogP contribution in [0.15, 0.2) is 53.1 Å². The van der Waals surface area contributed by atoms with Crippen LogP contribution >= 0.6 is 11.8 Å². The summed E-state index contributed by atoms with van der Waals surface area (Å²) in [4.78, 5) is 25.0. The zero-order valence-electron chi connectivity index (χ0n) is 16.3. The number of thioether (sulfide) groups is 1. The molecule has 6 nitrogen and oxygen atoms in total. The number of allylic oxidation sites excluding steroid dienone is 1. The highest BCUT2D eigenvalue weighted by atomic mass is 32.2. The molecule has 0 fully saturated rings. The van der Waals surface area contributed by atoms with Crippen LogP contribution in [0.4, 0.5) is 5.69 Å². The average molecular weight is 404 g/mol. The molecule has 0 saturated heterocycles. The first-order valence-corrected chi connectivity index (χ1v) is 9.97. The third-order valence-electron chi connectivity index (χ3n) is 5.01. The highest BCUT2D eigenvalue weighted by Crippen LogP contribution is 2.42. The lowest BCUT2D eigenvalue weighted by Gasteiger charge is -2.35. The van der Waals surface area contributed by atoms with Gasteiger partial charge < -0.3 is 10.6 Å². The van der Waals surface area contributed by atoms with Gasteiger partial charge >= 0.3 is 0 Å². The van der Waals surface area contributed by atoms with E-state index in [0.29, 0.717) is 16.3 Å². The van der Waals surface area contributed by atoms with E-state index in [0.717, 1.165) is 22.5 Å². The van der Waals surface area contributed by atoms with Crippen molar-refractivity contribution in [3.8, 4) is 12.1 Å². The number of rotatable bonds is 4. The van der Waals surface area contributed by atoms with Crippen LogP contribution in [0.1, 0.15) is 20.8 Å². The minimum Gasteiger partial charge on any atom is -0.325 e. The van der Waals surface area contributed by atoms with Crippen molar-refractivity contribution < 1.29 is 9.59 Å². The number of benzene rings is 2. The lowest BCUT2D eigenvalue weighted by atomic mass is 9.72. The molecule has 2 N–H and O–H groups in total. The normalized spacial score (nSPS) is 19.1. The molecule has 2 amide bonds. The molecule has 2 aromatic rings. The van der Waals surface area contributed by atoms with Gasteiger partial charge in [-0.15, -0.1) is 0 Å². The highest BCUT2D eigenvalue weighted by molar-refractivity contribution is 8.04. The maximum atomic E-state index is 12.7. The maximum absolute atomic E-state index is 12.7. The monoisotopic (exact) mass is 404 g/mol. The first-order chi connectivity index (χ1) is 13.8. The molecule has 0 bridgehead atoms. The summed E-state index contributed by atoms with van der Waals surface area (Å²) >= 11 is 1.11. The molecule has 2 atom stereocenters. The molecular weight excluding hydrogens is 384 g/mol. The Hall–Kier alpha value is -3.29. The predicted molar refractivity (Wildman–Crippen MR) is 113 cm³/mol. The van der Waals surface area contributed by atoms with Crippen molar-refractivity contribution in [1.29, 1.82) is 10.5 Å². The summed E-state index contributed by atoms with van der Waals surface area (Å²) in [6.07, 6.45) is 0. The van der Waals surface area contributed by atoms with Gasteiger partial charge in [-0.2, -0.15) is 10.5 Å². The minimum absolute atomic E-state index is 0.246. The summed E-state index contributed by atoms with van der Waals surface area (Å²) < 4.78 is 0. The number of carbonyl (C=O) groups is 2. The number of anilines is 1. The smallest absolute Gasteiger partial charge is 0.243 e. The molecule has 29 heavy (non-hydrogen) atoms. The molecular formula is C22H20N4O2S. The van der Waals surface area contributed by atoms with Crippen molar-refractivity contribution in [3.05, 3.63) is 53.1 Å². The molecule has 0 radical (unpaired) electrons. The van der Waals surface area contributed by atoms with Gasteiger partial charge in [0.1, 0.15) is 5.92 Å². The molecule has 1 aliphatic rings. The molecule has 3 rings (SSSR count). The molecule has 0 aromatic heterocycles. The molecule has 1 aliphatic heterocycles. The lowest BCUT2D eigenvalue weighted by molar-refractivity contribution is -0.125. The number of nitriles is 2. The SMILES string of the molecule is C[C@H](SC1=C(C#N)C(C)(C)[C@H](C#N)C(=O)N1)C(=O)Nc1ccc2ccccc2c1. The third-order valence-corrected chi connectivity index (χ3v) is 6.12. The summed E-state index contributed by atoms with van der Waals surface area (Å²) in [7, 11) is 0. The maximum Gasteiger partial charge on any atom is 0.243 e. The van der Waals surface area contributed by atoms with E-state index in [9.17, 15) is 20.1 Å². The van der Waals surface area contributed by atoms with E-state index in [1.54, 1.807) is 20.8 Å². The Morgan fingerprint density at radius 1 is 1.21 bits per heavy atom. The Balaban J connectivity index is 1.79. The van der Waals surface area contributed by atoms with Gasteiger partial charge in [0, 0.05) is 11.1 Å². The fourth-order valence-corrected chi connectivity index (χ4v) is 4.36. The highest BCUT2D eigenvalue weighted by Gasteiger charge is 2.45. The Labute approximate surface area is 173 Å². The molecule has 0 saturated carbocycles. The van der Waals surface area contributed by atoms with Crippen LogP contribution in [-0.4, -0.2) is 17.1 Å². The Morgan fingerprint density at radius 2 is 1.90 bits per heavy atom. The number of nitrogens with one attached hydrogen (secondary N) is 2. The number of hydrogen-bond acceptors (Lipinski definition) is 5. The summed E-state index contributed by atoms with van der Waals surface area (Å²) in [5.74, 6) is -1.66. The second kappa shape index (κ2) is 7.98. The topological polar surface area (TPSA) is 106 Å². The standard InChI is InChI=1S/C22H20N4O2S/c1-13(19(27)25-16-9-8-14-6-4-5-7-15(14)10-16)29-21-18(12-24)22(2,3)17(11-23)20(28)26-21/h4-10,13,17H,1-3H3,(H,25,27)(H,26,28)/t13-,17+/m0/s1. The summed E-state index contributed by atoms with van der Waals surface area (Å²) in [5, 5.41) is 26.3. The van der Waals surface area contributed by atoms with Gasteiger partial charge in [-0.25, -0.2) is 0 Å². The Kier molecular flexibility index (Phi) is 5.63. The van der Waals surface area contributed by atoms with Gasteiger partial charge in [-0.05, 0) is 29.8 Å². The molecule has 2 aromatic carbocycles. The van der Waals surface area contributed by atoms with Crippen molar-refractivity contribution in [3.63, 3.8) is 0 Å². The molecule has 1 heterocycles. The van der Waals surface area contributed by atoms with E-state index >= 15 is 0 Å². The zero-order chi connectivity index (χ0) is 21.2. The first kappa shape index (κ1) is 20.4. The van der Waals surface area contributed by atoms with Gasteiger partial charge in [-0.3, -0.25) is 9.59 Å². The van der Waals surface area contributed by atoms with Gasteiger partial charge in [0.15, 0.2) is 0 Å². The van der Waals surface area contributed by atoms with E-state index in [1.165, 1.54) is 0 Å². The molecule has 7 heteroatoms. The molecule has 146 valence electrons. The van der Waals surface area contributed by atoms with E-state index < -0.39 is 22.5 Å². The van der Waals surface area contributed by atoms with Crippen LogP contribution in [-0.2, 0) is 9.59 Å². The molecule has 0 aliphatic carbocycles. The minimum atomic E-state index is -0.955. The number of nitrogens with zero attached hydrogens (tertiary/aromatic N) is 2. The van der Waals surface area contributed by atoms with Gasteiger partial charge in [0.2, 0.25) is 11.8 Å². The number of hydrogen-bond donors (Lipinski definition) is 2. The van der Waals surface area contributed by atoms with Crippen LogP contribution in [0, 0.1) is 34.0 Å². The van der Waals surface area contributed by atoms with Crippen LogP contribution in [0.5, 0.6) is 0 Å². The van der Waals surface area contributed by atoms with Crippen molar-refractivity contribution in [2.75, 3.05) is 5.32 Å². The molecule has 0 unspecified atom stereocenters. The van der Waals surface area contributed by atoms with E-state index in [4.69, 9.17) is 0 Å². The van der Waals surface area contributed by atoms with E-state index in [1.807, 2.05) is 48.5 Å². The zero-order valence-corrected chi connectivity index (χ0v) is 17.1. The second-order valence-corrected chi connectivity index (χ2v) is 8.75. The quantitative estimate of drug-likeness (QED) is 0.803. The van der Waals surface area contributed by atoms with Crippen LogP contribution in [0.2, 0.25) is 0 Å². The second-order valence-electron chi connectivity index (χ2n) is 7.40. The van der Waals surface area contributed by atoms with Crippen LogP contribution in [0.25, 0.3) is 10.8 Å². The van der Waals surface area contributed by atoms with Gasteiger partial charge in [-0.1, -0.05) is 55.9 Å². The Morgan fingerprint density at radius 3 is 2.55 bits per heavy atom. The summed E-state index contributed by atoms with van der Waals surface area (Å²) in [6.45, 7) is 5.09. The molecule has 0 spiro atoms. The van der Waals surface area contributed by atoms with E-state index in [-0.39, 0.29) is 5.91 Å². The van der Waals surface area contributed by atoms with E-state index in [2.05, 4.69) is 16.7 Å². The summed E-state index contributed by atoms with van der Waals surface area (Å²) in [6, 6.07) is 17.6. The van der Waals surface area contributed by atoms with Gasteiger partial charge in [0.05, 0.1) is 28.0 Å². The van der Waals surface area contributed by atoms with Gasteiger partial charge in [0.25, 0.3) is 0 Å². The van der Waals surface area contributed by atoms with Crippen LogP contribution < -0.4 is 10.6 Å². The Bertz CT molecular complexity index is 1110. The van der Waals surface area contributed by atoms with Crippen molar-refractivity contribution >= 4 is 40.0 Å². The largest absolute Gasteiger partial charge is 0.325 e. The summed E-state index contributed by atoms with van der Waals surface area (Å²) in [5.41, 5.74) is 0.0510. The number of amides is 2. The van der Waals surface area contributed by atoms with Crippen molar-refractivity contribution in [1.82, 2.24) is 5.32 Å². The van der Waals surface area contributed by atoms with Crippen molar-refractivity contribution in [2.45, 2.75) is 26.0 Å². The predicted octanol–water partition coefficient (Wildman–Crippen LogP) is 3.93. The van der Waals surface area contributed by atoms with Crippen molar-refractivity contribution in [2.24, 2.45) is 11.3 Å². The number of fused-ring (bicyclic) bond motifs is 1. The first-order valence-electron chi connectivity index (χ1n) is 9.09. The fourth-order valence-electron chi connectivity index (χ4n) is 3.26.